The molecule has 1 nitrogen and oxygen atoms in total. The lowest BCUT2D eigenvalue weighted by molar-refractivity contribution is 0.00862. The first-order chi connectivity index (χ1) is 6.35. The van der Waals surface area contributed by atoms with Crippen LogP contribution in [0.5, 0.6) is 0 Å². The third-order valence-electron chi connectivity index (χ3n) is 2.83. The van der Waals surface area contributed by atoms with Crippen molar-refractivity contribution in [2.24, 2.45) is 5.41 Å². The summed E-state index contributed by atoms with van der Waals surface area (Å²) in [6.07, 6.45) is 2.27. The maximum Gasteiger partial charge on any atom is 0.261 e. The van der Waals surface area contributed by atoms with Crippen LogP contribution in [0.15, 0.2) is 0 Å². The molecule has 0 aromatic rings. The van der Waals surface area contributed by atoms with E-state index in [1.165, 1.54) is 0 Å². The summed E-state index contributed by atoms with van der Waals surface area (Å²) in [5, 5.41) is 0. The van der Waals surface area contributed by atoms with Crippen LogP contribution >= 0.6 is 0 Å². The number of hydrogen-bond donors (Lipinski definition) is 0. The predicted molar refractivity (Wildman–Crippen MR) is 54.7 cm³/mol. The lowest BCUT2D eigenvalue weighted by Crippen LogP contribution is -2.34. The molecule has 1 aliphatic rings. The highest BCUT2D eigenvalue weighted by atomic mass is 19.3. The summed E-state index contributed by atoms with van der Waals surface area (Å²) in [6, 6.07) is 0. The van der Waals surface area contributed by atoms with Crippen molar-refractivity contribution in [2.75, 3.05) is 19.6 Å². The quantitative estimate of drug-likeness (QED) is 0.681. The van der Waals surface area contributed by atoms with E-state index in [9.17, 15) is 8.78 Å². The number of alkyl halides is 2. The van der Waals surface area contributed by atoms with Crippen LogP contribution in [0.3, 0.4) is 0 Å². The Morgan fingerprint density at radius 2 is 2.00 bits per heavy atom. The van der Waals surface area contributed by atoms with Crippen molar-refractivity contribution in [1.29, 1.82) is 0 Å². The van der Waals surface area contributed by atoms with E-state index >= 15 is 0 Å². The average molecular weight is 205 g/mol. The van der Waals surface area contributed by atoms with Crippen molar-refractivity contribution < 1.29 is 8.78 Å². The van der Waals surface area contributed by atoms with E-state index in [-0.39, 0.29) is 18.4 Å². The molecule has 1 saturated heterocycles. The van der Waals surface area contributed by atoms with Gasteiger partial charge in [0.15, 0.2) is 0 Å². The van der Waals surface area contributed by atoms with Gasteiger partial charge >= 0.3 is 0 Å². The van der Waals surface area contributed by atoms with Crippen LogP contribution in [-0.2, 0) is 0 Å². The molecule has 1 fully saturated rings. The average Bonchev–Trinajstić information content (AvgIpc) is 2.28. The van der Waals surface area contributed by atoms with E-state index < -0.39 is 5.92 Å². The summed E-state index contributed by atoms with van der Waals surface area (Å²) < 4.78 is 25.8. The summed E-state index contributed by atoms with van der Waals surface area (Å²) in [4.78, 5) is 1.90. The molecule has 0 radical (unpaired) electrons. The van der Waals surface area contributed by atoms with Gasteiger partial charge in [-0.3, -0.25) is 4.90 Å². The largest absolute Gasteiger partial charge is 0.297 e. The first kappa shape index (κ1) is 11.9. The molecule has 0 atom stereocenters. The van der Waals surface area contributed by atoms with Crippen LogP contribution in [0.1, 0.15) is 40.0 Å². The molecule has 0 saturated carbocycles. The molecule has 0 N–H and O–H groups in total. The first-order valence-electron chi connectivity index (χ1n) is 5.45. The van der Waals surface area contributed by atoms with Gasteiger partial charge in [0, 0.05) is 19.5 Å². The Balaban J connectivity index is 2.39. The minimum absolute atomic E-state index is 0.0369. The van der Waals surface area contributed by atoms with Gasteiger partial charge in [0.2, 0.25) is 0 Å². The van der Waals surface area contributed by atoms with Crippen molar-refractivity contribution in [3.8, 4) is 0 Å². The molecule has 0 bridgehead atoms. The van der Waals surface area contributed by atoms with Crippen LogP contribution in [-0.4, -0.2) is 30.5 Å². The molecule has 0 aromatic heterocycles. The minimum atomic E-state index is -2.44. The molecule has 0 spiro atoms. The topological polar surface area (TPSA) is 3.24 Å². The highest BCUT2D eigenvalue weighted by molar-refractivity contribution is 4.85. The summed E-state index contributed by atoms with van der Waals surface area (Å²) in [5.41, 5.74) is 0.176. The van der Waals surface area contributed by atoms with Crippen LogP contribution < -0.4 is 0 Å². The molecule has 84 valence electrons. The second kappa shape index (κ2) is 4.13. The van der Waals surface area contributed by atoms with Gasteiger partial charge in [0.25, 0.3) is 5.92 Å². The first-order valence-corrected chi connectivity index (χ1v) is 5.45. The number of nitrogens with zero attached hydrogens (tertiary/aromatic N) is 1. The summed E-state index contributed by atoms with van der Waals surface area (Å²) in [5.74, 6) is -2.44. The van der Waals surface area contributed by atoms with Crippen molar-refractivity contribution in [1.82, 2.24) is 4.90 Å². The van der Waals surface area contributed by atoms with Gasteiger partial charge in [-0.1, -0.05) is 27.2 Å². The predicted octanol–water partition coefficient (Wildman–Crippen LogP) is 3.15. The van der Waals surface area contributed by atoms with Crippen LogP contribution in [0.2, 0.25) is 0 Å². The zero-order valence-corrected chi connectivity index (χ0v) is 9.45. The Labute approximate surface area is 85.5 Å². The molecular weight excluding hydrogens is 184 g/mol. The van der Waals surface area contributed by atoms with Crippen molar-refractivity contribution in [2.45, 2.75) is 46.0 Å². The van der Waals surface area contributed by atoms with E-state index in [1.807, 2.05) is 4.90 Å². The standard InChI is InChI=1S/C11H21F2N/c1-4-5-10(2,3)8-14-7-6-11(12,13)9-14/h4-9H2,1-3H3. The zero-order chi connectivity index (χ0) is 10.8. The van der Waals surface area contributed by atoms with Gasteiger partial charge in [-0.25, -0.2) is 8.78 Å². The van der Waals surface area contributed by atoms with Gasteiger partial charge in [-0.15, -0.1) is 0 Å². The normalized spacial score (nSPS) is 22.9. The van der Waals surface area contributed by atoms with E-state index in [4.69, 9.17) is 0 Å². The minimum Gasteiger partial charge on any atom is -0.297 e. The molecule has 3 heteroatoms. The Morgan fingerprint density at radius 3 is 2.43 bits per heavy atom. The monoisotopic (exact) mass is 205 g/mol. The van der Waals surface area contributed by atoms with Crippen molar-refractivity contribution >= 4 is 0 Å². The number of halogens is 2. The summed E-state index contributed by atoms with van der Waals surface area (Å²) in [7, 11) is 0. The fourth-order valence-corrected chi connectivity index (χ4v) is 2.30. The summed E-state index contributed by atoms with van der Waals surface area (Å²) in [6.45, 7) is 7.77. The van der Waals surface area contributed by atoms with E-state index in [2.05, 4.69) is 20.8 Å². The van der Waals surface area contributed by atoms with Crippen LogP contribution in [0.4, 0.5) is 8.78 Å². The number of likely N-dealkylation sites (tertiary alicyclic amines) is 1. The molecule has 1 rings (SSSR count). The lowest BCUT2D eigenvalue weighted by atomic mass is 9.87. The third kappa shape index (κ3) is 3.52. The second-order valence-corrected chi connectivity index (χ2v) is 5.23. The molecule has 0 amide bonds. The van der Waals surface area contributed by atoms with Gasteiger partial charge in [-0.05, 0) is 11.8 Å². The lowest BCUT2D eigenvalue weighted by Gasteiger charge is -2.29. The Morgan fingerprint density at radius 1 is 1.36 bits per heavy atom. The Bertz CT molecular complexity index is 190. The third-order valence-corrected chi connectivity index (χ3v) is 2.83. The zero-order valence-electron chi connectivity index (χ0n) is 9.45. The molecule has 0 aliphatic carbocycles. The van der Waals surface area contributed by atoms with Crippen LogP contribution in [0, 0.1) is 5.41 Å². The van der Waals surface area contributed by atoms with Crippen molar-refractivity contribution in [3.05, 3.63) is 0 Å². The Kier molecular flexibility index (Phi) is 3.51. The van der Waals surface area contributed by atoms with E-state index in [0.29, 0.717) is 6.54 Å². The molecular formula is C11H21F2N. The smallest absolute Gasteiger partial charge is 0.261 e. The van der Waals surface area contributed by atoms with E-state index in [0.717, 1.165) is 19.4 Å². The molecule has 1 aliphatic heterocycles. The fourth-order valence-electron chi connectivity index (χ4n) is 2.30. The molecule has 0 aromatic carbocycles. The van der Waals surface area contributed by atoms with Gasteiger partial charge in [0.1, 0.15) is 0 Å². The molecule has 0 unspecified atom stereocenters. The second-order valence-electron chi connectivity index (χ2n) is 5.23. The maximum atomic E-state index is 12.9. The fraction of sp³-hybridized carbons (Fsp3) is 1.00. The van der Waals surface area contributed by atoms with Gasteiger partial charge < -0.3 is 0 Å². The highest BCUT2D eigenvalue weighted by Gasteiger charge is 2.39. The van der Waals surface area contributed by atoms with Crippen molar-refractivity contribution in [3.63, 3.8) is 0 Å². The number of rotatable bonds is 4. The molecule has 14 heavy (non-hydrogen) atoms. The van der Waals surface area contributed by atoms with Gasteiger partial charge in [-0.2, -0.15) is 0 Å². The Hall–Kier alpha value is -0.180. The molecule has 1 heterocycles. The number of hydrogen-bond acceptors (Lipinski definition) is 1. The maximum absolute atomic E-state index is 12.9. The highest BCUT2D eigenvalue weighted by Crippen LogP contribution is 2.31. The van der Waals surface area contributed by atoms with E-state index in [1.54, 1.807) is 0 Å². The SMILES string of the molecule is CCCC(C)(C)CN1CCC(F)(F)C1. The van der Waals surface area contributed by atoms with Crippen LogP contribution in [0.25, 0.3) is 0 Å². The van der Waals surface area contributed by atoms with Gasteiger partial charge in [0.05, 0.1) is 6.54 Å². The summed E-state index contributed by atoms with van der Waals surface area (Å²) >= 11 is 0.